The lowest BCUT2D eigenvalue weighted by Crippen LogP contribution is -2.37. The van der Waals surface area contributed by atoms with Crippen molar-refractivity contribution in [3.8, 4) is 5.69 Å². The molecule has 1 saturated heterocycles. The van der Waals surface area contributed by atoms with E-state index in [2.05, 4.69) is 25.6 Å². The molecule has 12 heteroatoms. The van der Waals surface area contributed by atoms with E-state index in [1.165, 1.54) is 29.3 Å². The molecule has 0 aliphatic carbocycles. The number of aromatic nitrogens is 5. The Morgan fingerprint density at radius 3 is 2.66 bits per heavy atom. The van der Waals surface area contributed by atoms with Gasteiger partial charge in [-0.15, -0.1) is 5.10 Å². The van der Waals surface area contributed by atoms with E-state index in [1.807, 2.05) is 0 Å². The number of morpholine rings is 1. The summed E-state index contributed by atoms with van der Waals surface area (Å²) < 4.78 is 48.0. The highest BCUT2D eigenvalue weighted by atomic mass is 19.2. The maximum atomic E-state index is 14.6. The molecule has 0 radical (unpaired) electrons. The summed E-state index contributed by atoms with van der Waals surface area (Å²) in [6, 6.07) is 3.24. The highest BCUT2D eigenvalue weighted by molar-refractivity contribution is 6.07. The number of ether oxygens (including phenoxy) is 1. The molecule has 2 N–H and O–H groups in total. The van der Waals surface area contributed by atoms with Crippen LogP contribution in [0.15, 0.2) is 36.8 Å². The van der Waals surface area contributed by atoms with Crippen molar-refractivity contribution in [2.75, 3.05) is 36.5 Å². The van der Waals surface area contributed by atoms with E-state index in [1.54, 1.807) is 4.90 Å². The zero-order valence-electron chi connectivity index (χ0n) is 16.5. The largest absolute Gasteiger partial charge is 0.378 e. The second-order valence-electron chi connectivity index (χ2n) is 7.12. The molecule has 1 aliphatic heterocycles. The molecule has 9 nitrogen and oxygen atoms in total. The SMILES string of the molecule is O=C(Nc1c[nH]c2cc(F)c(F)cc12)c1cn(-c2cnc(N3CCOCC3)c(F)c2)nn1. The predicted molar refractivity (Wildman–Crippen MR) is 108 cm³/mol. The van der Waals surface area contributed by atoms with Gasteiger partial charge in [-0.25, -0.2) is 22.8 Å². The number of carbonyl (C=O) groups is 1. The first-order valence-electron chi connectivity index (χ1n) is 9.68. The Hall–Kier alpha value is -3.93. The lowest BCUT2D eigenvalue weighted by Gasteiger charge is -2.28. The number of H-pyrrole nitrogens is 1. The first-order chi connectivity index (χ1) is 15.5. The van der Waals surface area contributed by atoms with Crippen molar-refractivity contribution < 1.29 is 22.7 Å². The lowest BCUT2D eigenvalue weighted by molar-refractivity contribution is 0.102. The fourth-order valence-electron chi connectivity index (χ4n) is 3.45. The van der Waals surface area contributed by atoms with Gasteiger partial charge in [0.05, 0.1) is 42.5 Å². The molecule has 1 amide bonds. The summed E-state index contributed by atoms with van der Waals surface area (Å²) in [6.07, 6.45) is 4.16. The highest BCUT2D eigenvalue weighted by Gasteiger charge is 2.19. The van der Waals surface area contributed by atoms with Crippen LogP contribution in [0.4, 0.5) is 24.7 Å². The molecule has 0 bridgehead atoms. The number of benzene rings is 1. The molecule has 5 rings (SSSR count). The monoisotopic (exact) mass is 443 g/mol. The van der Waals surface area contributed by atoms with Gasteiger partial charge in [-0.05, 0) is 6.07 Å². The van der Waals surface area contributed by atoms with Crippen LogP contribution in [0.1, 0.15) is 10.5 Å². The number of fused-ring (bicyclic) bond motifs is 1. The molecule has 0 unspecified atom stereocenters. The van der Waals surface area contributed by atoms with E-state index in [0.717, 1.165) is 12.1 Å². The number of carbonyl (C=O) groups excluding carboxylic acids is 1. The lowest BCUT2D eigenvalue weighted by atomic mass is 10.2. The Kier molecular flexibility index (Phi) is 4.98. The summed E-state index contributed by atoms with van der Waals surface area (Å²) in [5.41, 5.74) is 0.807. The minimum atomic E-state index is -1.03. The average molecular weight is 443 g/mol. The maximum absolute atomic E-state index is 14.6. The minimum absolute atomic E-state index is 0.0559. The predicted octanol–water partition coefficient (Wildman–Crippen LogP) is 2.65. The van der Waals surface area contributed by atoms with Crippen LogP contribution in [0, 0.1) is 17.5 Å². The van der Waals surface area contributed by atoms with Gasteiger partial charge in [0.1, 0.15) is 0 Å². The average Bonchev–Trinajstić information content (AvgIpc) is 3.43. The van der Waals surface area contributed by atoms with Gasteiger partial charge in [-0.1, -0.05) is 5.21 Å². The van der Waals surface area contributed by atoms with Crippen LogP contribution in [-0.2, 0) is 4.74 Å². The molecule has 4 heterocycles. The van der Waals surface area contributed by atoms with Crippen molar-refractivity contribution >= 4 is 28.3 Å². The summed E-state index contributed by atoms with van der Waals surface area (Å²) in [5.74, 6) is -2.97. The van der Waals surface area contributed by atoms with Crippen LogP contribution in [0.25, 0.3) is 16.6 Å². The third-order valence-electron chi connectivity index (χ3n) is 5.08. The molecule has 1 fully saturated rings. The summed E-state index contributed by atoms with van der Waals surface area (Å²) in [6.45, 7) is 2.09. The first-order valence-corrected chi connectivity index (χ1v) is 9.68. The third-order valence-corrected chi connectivity index (χ3v) is 5.08. The van der Waals surface area contributed by atoms with E-state index in [9.17, 15) is 18.0 Å². The molecule has 32 heavy (non-hydrogen) atoms. The van der Waals surface area contributed by atoms with Gasteiger partial charge < -0.3 is 19.9 Å². The Balaban J connectivity index is 1.35. The van der Waals surface area contributed by atoms with E-state index in [4.69, 9.17) is 4.74 Å². The molecule has 0 saturated carbocycles. The quantitative estimate of drug-likeness (QED) is 0.503. The summed E-state index contributed by atoms with van der Waals surface area (Å²) in [7, 11) is 0. The van der Waals surface area contributed by atoms with Gasteiger partial charge in [-0.2, -0.15) is 0 Å². The van der Waals surface area contributed by atoms with Crippen molar-refractivity contribution in [3.05, 3.63) is 59.9 Å². The number of halogens is 3. The van der Waals surface area contributed by atoms with Crippen molar-refractivity contribution in [3.63, 3.8) is 0 Å². The molecular formula is C20H16F3N7O2. The third kappa shape index (κ3) is 3.64. The van der Waals surface area contributed by atoms with Gasteiger partial charge in [0, 0.05) is 36.8 Å². The molecule has 1 aromatic carbocycles. The summed E-state index contributed by atoms with van der Waals surface area (Å²) in [4.78, 5) is 21.3. The number of hydrogen-bond acceptors (Lipinski definition) is 6. The van der Waals surface area contributed by atoms with Crippen molar-refractivity contribution in [2.24, 2.45) is 0 Å². The van der Waals surface area contributed by atoms with E-state index in [0.29, 0.717) is 37.2 Å². The van der Waals surface area contributed by atoms with Crippen LogP contribution in [0.2, 0.25) is 0 Å². The molecule has 4 aromatic rings. The van der Waals surface area contributed by atoms with Crippen LogP contribution < -0.4 is 10.2 Å². The van der Waals surface area contributed by atoms with E-state index in [-0.39, 0.29) is 22.9 Å². The minimum Gasteiger partial charge on any atom is -0.378 e. The van der Waals surface area contributed by atoms with Crippen molar-refractivity contribution in [1.82, 2.24) is 25.0 Å². The Morgan fingerprint density at radius 1 is 1.09 bits per heavy atom. The fraction of sp³-hybridized carbons (Fsp3) is 0.200. The number of pyridine rings is 1. The van der Waals surface area contributed by atoms with Crippen LogP contribution in [-0.4, -0.2) is 57.2 Å². The number of amides is 1. The molecule has 0 atom stereocenters. The zero-order chi connectivity index (χ0) is 22.2. The Labute approximate surface area is 178 Å². The van der Waals surface area contributed by atoms with Gasteiger partial charge in [0.25, 0.3) is 5.91 Å². The van der Waals surface area contributed by atoms with Crippen molar-refractivity contribution in [1.29, 1.82) is 0 Å². The van der Waals surface area contributed by atoms with Crippen LogP contribution in [0.3, 0.4) is 0 Å². The van der Waals surface area contributed by atoms with Gasteiger partial charge in [0.2, 0.25) is 0 Å². The summed E-state index contributed by atoms with van der Waals surface area (Å²) >= 11 is 0. The first kappa shape index (κ1) is 20.0. The van der Waals surface area contributed by atoms with E-state index >= 15 is 0 Å². The Bertz CT molecular complexity index is 1310. The molecule has 164 valence electrons. The maximum Gasteiger partial charge on any atom is 0.277 e. The van der Waals surface area contributed by atoms with Gasteiger partial charge in [-0.3, -0.25) is 4.79 Å². The number of hydrogen-bond donors (Lipinski definition) is 2. The number of rotatable bonds is 4. The normalized spacial score (nSPS) is 14.2. The highest BCUT2D eigenvalue weighted by Crippen LogP contribution is 2.26. The van der Waals surface area contributed by atoms with E-state index < -0.39 is 23.4 Å². The topological polar surface area (TPSA) is 101 Å². The smallest absolute Gasteiger partial charge is 0.277 e. The fourth-order valence-corrected chi connectivity index (χ4v) is 3.45. The number of nitrogens with zero attached hydrogens (tertiary/aromatic N) is 5. The Morgan fingerprint density at radius 2 is 1.88 bits per heavy atom. The second kappa shape index (κ2) is 7.96. The molecular weight excluding hydrogens is 427 g/mol. The molecule has 1 aliphatic rings. The number of anilines is 2. The van der Waals surface area contributed by atoms with Crippen molar-refractivity contribution in [2.45, 2.75) is 0 Å². The van der Waals surface area contributed by atoms with Crippen LogP contribution in [0.5, 0.6) is 0 Å². The van der Waals surface area contributed by atoms with Gasteiger partial charge >= 0.3 is 0 Å². The molecule has 0 spiro atoms. The molecule has 3 aromatic heterocycles. The zero-order valence-corrected chi connectivity index (χ0v) is 16.5. The number of aromatic amines is 1. The summed E-state index contributed by atoms with van der Waals surface area (Å²) in [5, 5.41) is 10.5. The second-order valence-corrected chi connectivity index (χ2v) is 7.12. The standard InChI is InChI=1S/C20H16F3N7O2/c21-13-6-12-16(7-14(13)22)24-9-17(12)26-20(31)18-10-30(28-27-18)11-5-15(23)19(25-8-11)29-1-3-32-4-2-29/h5-10,24H,1-4H2,(H,26,31). The van der Waals surface area contributed by atoms with Crippen LogP contribution >= 0.6 is 0 Å². The number of nitrogens with one attached hydrogen (secondary N) is 2. The van der Waals surface area contributed by atoms with Gasteiger partial charge in [0.15, 0.2) is 29.0 Å².